The summed E-state index contributed by atoms with van der Waals surface area (Å²) in [6.45, 7) is 1.89. The molecule has 0 aliphatic heterocycles. The maximum atomic E-state index is 12.2. The number of H-pyrrole nitrogens is 1. The van der Waals surface area contributed by atoms with Crippen molar-refractivity contribution in [1.82, 2.24) is 9.88 Å². The van der Waals surface area contributed by atoms with E-state index >= 15 is 0 Å². The Hall–Kier alpha value is -2.28. The van der Waals surface area contributed by atoms with Gasteiger partial charge in [-0.3, -0.25) is 4.79 Å². The first kappa shape index (κ1) is 13.2. The molecule has 4 nitrogen and oxygen atoms in total. The fourth-order valence-corrected chi connectivity index (χ4v) is 2.08. The van der Waals surface area contributed by atoms with Gasteiger partial charge in [0.25, 0.3) is 0 Å². The van der Waals surface area contributed by atoms with Crippen LogP contribution in [-0.2, 0) is 11.2 Å². The second-order valence-corrected chi connectivity index (χ2v) is 4.75. The summed E-state index contributed by atoms with van der Waals surface area (Å²) >= 11 is 0. The summed E-state index contributed by atoms with van der Waals surface area (Å²) in [5, 5.41) is 9.75. The molecule has 0 saturated carbocycles. The lowest BCUT2D eigenvalue weighted by Gasteiger charge is -2.22. The predicted octanol–water partition coefficient (Wildman–Crippen LogP) is 2.47. The number of likely N-dealkylation sites (N-methyl/N-ethyl adjacent to an activating group) is 1. The average molecular weight is 255 g/mol. The zero-order valence-electron chi connectivity index (χ0n) is 11.2. The molecule has 1 unspecified atom stereocenters. The summed E-state index contributed by atoms with van der Waals surface area (Å²) < 4.78 is 0. The van der Waals surface area contributed by atoms with Gasteiger partial charge in [-0.1, -0.05) is 18.2 Å². The second kappa shape index (κ2) is 5.57. The minimum atomic E-state index is -0.0530. The summed E-state index contributed by atoms with van der Waals surface area (Å²) in [5.41, 5.74) is 2.04. The third-order valence-corrected chi connectivity index (χ3v) is 3.46. The number of carbonyl (C=O) groups excluding carboxylic acids is 1. The molecule has 4 heteroatoms. The summed E-state index contributed by atoms with van der Waals surface area (Å²) in [6.07, 6.45) is 2.60. The highest BCUT2D eigenvalue weighted by Crippen LogP contribution is 2.19. The molecule has 1 aromatic heterocycles. The van der Waals surface area contributed by atoms with Gasteiger partial charge >= 0.3 is 0 Å². The van der Waals surface area contributed by atoms with E-state index in [4.69, 9.17) is 5.26 Å². The van der Waals surface area contributed by atoms with E-state index < -0.39 is 0 Å². The van der Waals surface area contributed by atoms with Crippen molar-refractivity contribution in [1.29, 1.82) is 5.26 Å². The van der Waals surface area contributed by atoms with Gasteiger partial charge in [0.1, 0.15) is 0 Å². The monoisotopic (exact) mass is 255 g/mol. The third-order valence-electron chi connectivity index (χ3n) is 3.46. The van der Waals surface area contributed by atoms with E-state index in [1.807, 2.05) is 37.4 Å². The molecule has 0 bridgehead atoms. The Labute approximate surface area is 112 Å². The Balaban J connectivity index is 2.13. The Morgan fingerprint density at radius 3 is 2.95 bits per heavy atom. The lowest BCUT2D eigenvalue weighted by molar-refractivity contribution is -0.130. The molecule has 0 saturated heterocycles. The smallest absolute Gasteiger partial charge is 0.227 e. The number of carbonyl (C=O) groups is 1. The molecule has 1 amide bonds. The lowest BCUT2D eigenvalue weighted by atomic mass is 10.1. The SMILES string of the molecule is CC(CC#N)N(C)C(=O)Cc1c[nH]c2ccccc12. The normalized spacial score (nSPS) is 12.1. The topological polar surface area (TPSA) is 59.9 Å². The van der Waals surface area contributed by atoms with E-state index in [9.17, 15) is 4.79 Å². The van der Waals surface area contributed by atoms with Crippen LogP contribution in [0.4, 0.5) is 0 Å². The van der Waals surface area contributed by atoms with Crippen LogP contribution in [0.15, 0.2) is 30.5 Å². The Bertz CT molecular complexity index is 624. The van der Waals surface area contributed by atoms with Crippen molar-refractivity contribution in [2.24, 2.45) is 0 Å². The summed E-state index contributed by atoms with van der Waals surface area (Å²) in [5.74, 6) is 0.0347. The number of fused-ring (bicyclic) bond motifs is 1. The maximum absolute atomic E-state index is 12.2. The molecule has 2 aromatic rings. The van der Waals surface area contributed by atoms with E-state index in [-0.39, 0.29) is 11.9 Å². The van der Waals surface area contributed by atoms with Crippen molar-refractivity contribution < 1.29 is 4.79 Å². The van der Waals surface area contributed by atoms with Gasteiger partial charge in [0.2, 0.25) is 5.91 Å². The van der Waals surface area contributed by atoms with Crippen LogP contribution in [-0.4, -0.2) is 28.9 Å². The summed E-state index contributed by atoms with van der Waals surface area (Å²) in [4.78, 5) is 17.0. The highest BCUT2D eigenvalue weighted by atomic mass is 16.2. The van der Waals surface area contributed by atoms with Crippen molar-refractivity contribution in [2.75, 3.05) is 7.05 Å². The molecule has 2 rings (SSSR count). The molecule has 19 heavy (non-hydrogen) atoms. The number of rotatable bonds is 4. The molecule has 0 aliphatic rings. The van der Waals surface area contributed by atoms with Crippen molar-refractivity contribution in [3.05, 3.63) is 36.0 Å². The van der Waals surface area contributed by atoms with Crippen LogP contribution < -0.4 is 0 Å². The van der Waals surface area contributed by atoms with Gasteiger partial charge in [-0.05, 0) is 18.6 Å². The maximum Gasteiger partial charge on any atom is 0.227 e. The highest BCUT2D eigenvalue weighted by molar-refractivity contribution is 5.88. The molecule has 0 fully saturated rings. The number of aromatic nitrogens is 1. The molecule has 1 N–H and O–H groups in total. The van der Waals surface area contributed by atoms with Gasteiger partial charge in [-0.2, -0.15) is 5.26 Å². The minimum absolute atomic E-state index is 0.0347. The number of nitrogens with one attached hydrogen (secondary N) is 1. The standard InChI is InChI=1S/C15H17N3O/c1-11(7-8-16)18(2)15(19)9-12-10-17-14-6-4-3-5-13(12)14/h3-6,10-11,17H,7,9H2,1-2H3. The largest absolute Gasteiger partial charge is 0.361 e. The van der Waals surface area contributed by atoms with E-state index in [1.54, 1.807) is 11.9 Å². The highest BCUT2D eigenvalue weighted by Gasteiger charge is 2.17. The fraction of sp³-hybridized carbons (Fsp3) is 0.333. The third kappa shape index (κ3) is 2.76. The minimum Gasteiger partial charge on any atom is -0.361 e. The van der Waals surface area contributed by atoms with E-state index in [0.717, 1.165) is 16.5 Å². The van der Waals surface area contributed by atoms with Crippen molar-refractivity contribution >= 4 is 16.8 Å². The molecule has 0 aliphatic carbocycles. The number of amides is 1. The van der Waals surface area contributed by atoms with Crippen LogP contribution >= 0.6 is 0 Å². The number of nitrogens with zero attached hydrogens (tertiary/aromatic N) is 2. The van der Waals surface area contributed by atoms with Crippen LogP contribution in [0.3, 0.4) is 0 Å². The van der Waals surface area contributed by atoms with Gasteiger partial charge in [-0.25, -0.2) is 0 Å². The Morgan fingerprint density at radius 1 is 1.47 bits per heavy atom. The molecule has 1 aromatic carbocycles. The zero-order valence-corrected chi connectivity index (χ0v) is 11.2. The van der Waals surface area contributed by atoms with Crippen LogP contribution in [0.1, 0.15) is 18.9 Å². The van der Waals surface area contributed by atoms with E-state index in [2.05, 4.69) is 11.1 Å². The number of benzene rings is 1. The molecule has 1 atom stereocenters. The average Bonchev–Trinajstić information content (AvgIpc) is 2.81. The van der Waals surface area contributed by atoms with Crippen molar-refractivity contribution in [2.45, 2.75) is 25.8 Å². The van der Waals surface area contributed by atoms with Crippen LogP contribution in [0.2, 0.25) is 0 Å². The fourth-order valence-electron chi connectivity index (χ4n) is 2.08. The first-order valence-electron chi connectivity index (χ1n) is 6.31. The van der Waals surface area contributed by atoms with Gasteiger partial charge in [0.05, 0.1) is 18.9 Å². The molecular weight excluding hydrogens is 238 g/mol. The Morgan fingerprint density at radius 2 is 2.21 bits per heavy atom. The molecule has 98 valence electrons. The van der Waals surface area contributed by atoms with Crippen molar-refractivity contribution in [3.8, 4) is 6.07 Å². The molecule has 1 heterocycles. The molecular formula is C15H17N3O. The molecule has 0 radical (unpaired) electrons. The quantitative estimate of drug-likeness (QED) is 0.912. The van der Waals surface area contributed by atoms with Crippen LogP contribution in [0.25, 0.3) is 10.9 Å². The summed E-state index contributed by atoms with van der Waals surface area (Å²) in [7, 11) is 1.75. The number of aromatic amines is 1. The number of para-hydroxylation sites is 1. The van der Waals surface area contributed by atoms with Gasteiger partial charge in [0, 0.05) is 30.2 Å². The summed E-state index contributed by atoms with van der Waals surface area (Å²) in [6, 6.07) is 9.97. The van der Waals surface area contributed by atoms with Crippen LogP contribution in [0, 0.1) is 11.3 Å². The second-order valence-electron chi connectivity index (χ2n) is 4.75. The number of hydrogen-bond acceptors (Lipinski definition) is 2. The van der Waals surface area contributed by atoms with Gasteiger partial charge in [0.15, 0.2) is 0 Å². The predicted molar refractivity (Wildman–Crippen MR) is 74.5 cm³/mol. The number of hydrogen-bond donors (Lipinski definition) is 1. The van der Waals surface area contributed by atoms with Crippen molar-refractivity contribution in [3.63, 3.8) is 0 Å². The van der Waals surface area contributed by atoms with Gasteiger partial charge in [-0.15, -0.1) is 0 Å². The van der Waals surface area contributed by atoms with E-state index in [1.165, 1.54) is 0 Å². The first-order chi connectivity index (χ1) is 9.13. The Kier molecular flexibility index (Phi) is 3.86. The van der Waals surface area contributed by atoms with E-state index in [0.29, 0.717) is 12.8 Å². The van der Waals surface area contributed by atoms with Crippen LogP contribution in [0.5, 0.6) is 0 Å². The first-order valence-corrected chi connectivity index (χ1v) is 6.31. The molecule has 0 spiro atoms. The lowest BCUT2D eigenvalue weighted by Crippen LogP contribution is -2.35. The number of nitriles is 1. The zero-order chi connectivity index (χ0) is 13.8. The van der Waals surface area contributed by atoms with Gasteiger partial charge < -0.3 is 9.88 Å².